The second-order valence-electron chi connectivity index (χ2n) is 2.26. The molecule has 0 amide bonds. The van der Waals surface area contributed by atoms with Crippen molar-refractivity contribution < 1.29 is 0 Å². The van der Waals surface area contributed by atoms with Gasteiger partial charge in [0.15, 0.2) is 0 Å². The Kier molecular flexibility index (Phi) is 3.36. The van der Waals surface area contributed by atoms with Gasteiger partial charge in [0.2, 0.25) is 0 Å². The van der Waals surface area contributed by atoms with Crippen molar-refractivity contribution in [3.8, 4) is 0 Å². The highest BCUT2D eigenvalue weighted by molar-refractivity contribution is 7.80. The molecule has 1 aromatic rings. The lowest BCUT2D eigenvalue weighted by Gasteiger charge is -1.93. The first-order chi connectivity index (χ1) is 4.93. The molecule has 56 valence electrons. The van der Waals surface area contributed by atoms with Crippen LogP contribution in [0.3, 0.4) is 0 Å². The summed E-state index contributed by atoms with van der Waals surface area (Å²) in [5.74, 6) is 0.980. The summed E-state index contributed by atoms with van der Waals surface area (Å²) in [4.78, 5) is 6.99. The van der Waals surface area contributed by atoms with Crippen LogP contribution in [0.25, 0.3) is 0 Å². The maximum atomic E-state index is 4.13. The van der Waals surface area contributed by atoms with Crippen LogP contribution < -0.4 is 0 Å². The molecular weight excluding hydrogens is 144 g/mol. The SMILES string of the molecule is SCCCCc1cnc[nH]1. The number of aromatic amines is 1. The van der Waals surface area contributed by atoms with Gasteiger partial charge in [-0.05, 0) is 25.0 Å². The van der Waals surface area contributed by atoms with Crippen molar-refractivity contribution >= 4 is 12.6 Å². The molecule has 1 N–H and O–H groups in total. The molecule has 10 heavy (non-hydrogen) atoms. The molecule has 0 saturated carbocycles. The fourth-order valence-electron chi connectivity index (χ4n) is 0.849. The van der Waals surface area contributed by atoms with E-state index in [0.29, 0.717) is 0 Å². The molecule has 0 aliphatic heterocycles. The van der Waals surface area contributed by atoms with E-state index in [1.165, 1.54) is 18.5 Å². The summed E-state index contributed by atoms with van der Waals surface area (Å²) >= 11 is 4.13. The van der Waals surface area contributed by atoms with Gasteiger partial charge in [0.25, 0.3) is 0 Å². The van der Waals surface area contributed by atoms with Crippen molar-refractivity contribution in [2.45, 2.75) is 19.3 Å². The third kappa shape index (κ3) is 2.43. The zero-order valence-corrected chi connectivity index (χ0v) is 6.77. The van der Waals surface area contributed by atoms with Crippen LogP contribution in [-0.2, 0) is 6.42 Å². The number of hydrogen-bond acceptors (Lipinski definition) is 2. The van der Waals surface area contributed by atoms with E-state index in [4.69, 9.17) is 0 Å². The number of imidazole rings is 1. The van der Waals surface area contributed by atoms with E-state index >= 15 is 0 Å². The highest BCUT2D eigenvalue weighted by atomic mass is 32.1. The lowest BCUT2D eigenvalue weighted by Crippen LogP contribution is -1.85. The Morgan fingerprint density at radius 1 is 1.50 bits per heavy atom. The molecule has 0 atom stereocenters. The Morgan fingerprint density at radius 3 is 3.00 bits per heavy atom. The van der Waals surface area contributed by atoms with E-state index in [1.54, 1.807) is 6.33 Å². The average molecular weight is 156 g/mol. The zero-order chi connectivity index (χ0) is 7.23. The van der Waals surface area contributed by atoms with Crippen LogP contribution in [-0.4, -0.2) is 15.7 Å². The van der Waals surface area contributed by atoms with E-state index < -0.39 is 0 Å². The Hall–Kier alpha value is -0.440. The van der Waals surface area contributed by atoms with Crippen LogP contribution in [0.1, 0.15) is 18.5 Å². The predicted molar refractivity (Wildman–Crippen MR) is 45.4 cm³/mol. The monoisotopic (exact) mass is 156 g/mol. The Labute approximate surface area is 66.5 Å². The smallest absolute Gasteiger partial charge is 0.0921 e. The highest BCUT2D eigenvalue weighted by Gasteiger charge is 1.91. The summed E-state index contributed by atoms with van der Waals surface area (Å²) in [6, 6.07) is 0. The molecule has 0 unspecified atom stereocenters. The van der Waals surface area contributed by atoms with Gasteiger partial charge in [-0.1, -0.05) is 0 Å². The quantitative estimate of drug-likeness (QED) is 0.504. The molecule has 0 aliphatic rings. The van der Waals surface area contributed by atoms with Crippen molar-refractivity contribution in [1.82, 2.24) is 9.97 Å². The summed E-state index contributed by atoms with van der Waals surface area (Å²) in [5.41, 5.74) is 1.22. The van der Waals surface area contributed by atoms with E-state index in [2.05, 4.69) is 22.6 Å². The van der Waals surface area contributed by atoms with Crippen molar-refractivity contribution in [1.29, 1.82) is 0 Å². The van der Waals surface area contributed by atoms with Gasteiger partial charge in [-0.15, -0.1) is 0 Å². The first-order valence-electron chi connectivity index (χ1n) is 3.51. The van der Waals surface area contributed by atoms with E-state index in [-0.39, 0.29) is 0 Å². The van der Waals surface area contributed by atoms with Crippen molar-refractivity contribution in [2.24, 2.45) is 0 Å². The topological polar surface area (TPSA) is 28.7 Å². The molecule has 0 saturated heterocycles. The average Bonchev–Trinajstić information content (AvgIpc) is 2.41. The van der Waals surface area contributed by atoms with Crippen LogP contribution >= 0.6 is 12.6 Å². The third-order valence-electron chi connectivity index (χ3n) is 1.41. The Bertz CT molecular complexity index is 160. The molecule has 3 heteroatoms. The van der Waals surface area contributed by atoms with Crippen molar-refractivity contribution in [3.63, 3.8) is 0 Å². The van der Waals surface area contributed by atoms with Crippen LogP contribution in [0, 0.1) is 0 Å². The Balaban J connectivity index is 2.15. The van der Waals surface area contributed by atoms with Crippen LogP contribution in [0.5, 0.6) is 0 Å². The fourth-order valence-corrected chi connectivity index (χ4v) is 1.07. The predicted octanol–water partition coefficient (Wildman–Crippen LogP) is 1.66. The minimum atomic E-state index is 0.980. The molecule has 0 bridgehead atoms. The highest BCUT2D eigenvalue weighted by Crippen LogP contribution is 2.00. The second-order valence-corrected chi connectivity index (χ2v) is 2.70. The molecule has 2 nitrogen and oxygen atoms in total. The number of H-pyrrole nitrogens is 1. The summed E-state index contributed by atoms with van der Waals surface area (Å²) < 4.78 is 0. The van der Waals surface area contributed by atoms with E-state index in [0.717, 1.165) is 12.2 Å². The van der Waals surface area contributed by atoms with Gasteiger partial charge in [-0.2, -0.15) is 12.6 Å². The number of thiol groups is 1. The van der Waals surface area contributed by atoms with Crippen molar-refractivity contribution in [3.05, 3.63) is 18.2 Å². The largest absolute Gasteiger partial charge is 0.348 e. The Morgan fingerprint density at radius 2 is 2.40 bits per heavy atom. The summed E-state index contributed by atoms with van der Waals surface area (Å²) in [6.07, 6.45) is 7.07. The number of aryl methyl sites for hydroxylation is 1. The minimum absolute atomic E-state index is 0.980. The van der Waals surface area contributed by atoms with Gasteiger partial charge in [0, 0.05) is 11.9 Å². The molecule has 0 fully saturated rings. The molecule has 1 rings (SSSR count). The molecule has 0 spiro atoms. The van der Waals surface area contributed by atoms with Crippen LogP contribution in [0.15, 0.2) is 12.5 Å². The number of nitrogens with zero attached hydrogens (tertiary/aromatic N) is 1. The summed E-state index contributed by atoms with van der Waals surface area (Å²) in [5, 5.41) is 0. The normalized spacial score (nSPS) is 10.1. The zero-order valence-electron chi connectivity index (χ0n) is 5.88. The van der Waals surface area contributed by atoms with Crippen molar-refractivity contribution in [2.75, 3.05) is 5.75 Å². The van der Waals surface area contributed by atoms with Gasteiger partial charge in [0.05, 0.1) is 6.33 Å². The number of rotatable bonds is 4. The maximum absolute atomic E-state index is 4.13. The molecule has 1 aromatic heterocycles. The standard InChI is InChI=1S/C7H12N2S/c10-4-2-1-3-7-5-8-6-9-7/h5-6,10H,1-4H2,(H,8,9). The van der Waals surface area contributed by atoms with Gasteiger partial charge >= 0.3 is 0 Å². The van der Waals surface area contributed by atoms with E-state index in [1.807, 2.05) is 6.20 Å². The van der Waals surface area contributed by atoms with Gasteiger partial charge in [-0.3, -0.25) is 0 Å². The van der Waals surface area contributed by atoms with Crippen LogP contribution in [0.4, 0.5) is 0 Å². The lowest BCUT2D eigenvalue weighted by molar-refractivity contribution is 0.789. The van der Waals surface area contributed by atoms with Gasteiger partial charge in [0.1, 0.15) is 0 Å². The minimum Gasteiger partial charge on any atom is -0.348 e. The molecule has 0 aliphatic carbocycles. The third-order valence-corrected chi connectivity index (χ3v) is 1.73. The first kappa shape index (κ1) is 7.66. The van der Waals surface area contributed by atoms with Gasteiger partial charge in [-0.25, -0.2) is 4.98 Å². The number of nitrogens with one attached hydrogen (secondary N) is 1. The molecular formula is C7H12N2S. The summed E-state index contributed by atoms with van der Waals surface area (Å²) in [7, 11) is 0. The lowest BCUT2D eigenvalue weighted by atomic mass is 10.2. The maximum Gasteiger partial charge on any atom is 0.0921 e. The van der Waals surface area contributed by atoms with Crippen LogP contribution in [0.2, 0.25) is 0 Å². The second kappa shape index (κ2) is 4.39. The fraction of sp³-hybridized carbons (Fsp3) is 0.571. The number of hydrogen-bond donors (Lipinski definition) is 2. The van der Waals surface area contributed by atoms with Gasteiger partial charge < -0.3 is 4.98 Å². The molecule has 0 radical (unpaired) electrons. The molecule has 0 aromatic carbocycles. The van der Waals surface area contributed by atoms with E-state index in [9.17, 15) is 0 Å². The number of aromatic nitrogens is 2. The first-order valence-corrected chi connectivity index (χ1v) is 4.15. The molecule has 1 heterocycles. The summed E-state index contributed by atoms with van der Waals surface area (Å²) in [6.45, 7) is 0. The number of unbranched alkanes of at least 4 members (excludes halogenated alkanes) is 1.